The van der Waals surface area contributed by atoms with Gasteiger partial charge in [-0.15, -0.1) is 0 Å². The van der Waals surface area contributed by atoms with Gasteiger partial charge in [0, 0.05) is 31.6 Å². The quantitative estimate of drug-likeness (QED) is 0.247. The van der Waals surface area contributed by atoms with E-state index < -0.39 is 33.4 Å². The lowest BCUT2D eigenvalue weighted by Gasteiger charge is -2.33. The van der Waals surface area contributed by atoms with Gasteiger partial charge in [-0.05, 0) is 30.5 Å². The van der Waals surface area contributed by atoms with Crippen LogP contribution in [0.5, 0.6) is 0 Å². The van der Waals surface area contributed by atoms with Crippen molar-refractivity contribution < 1.29 is 22.9 Å². The molecular weight excluding hydrogens is 532 g/mol. The molecule has 0 radical (unpaired) electrons. The predicted molar refractivity (Wildman–Crippen MR) is 154 cm³/mol. The second-order valence-corrected chi connectivity index (χ2v) is 11.5. The molecule has 1 atom stereocenters. The van der Waals surface area contributed by atoms with Gasteiger partial charge in [-0.2, -0.15) is 0 Å². The van der Waals surface area contributed by atoms with Crippen LogP contribution in [0.3, 0.4) is 0 Å². The van der Waals surface area contributed by atoms with Crippen LogP contribution in [0.4, 0.5) is 11.4 Å². The molecule has 0 unspecified atom stereocenters. The molecule has 10 nitrogen and oxygen atoms in total. The zero-order valence-corrected chi connectivity index (χ0v) is 23.6. The Morgan fingerprint density at radius 2 is 1.65 bits per heavy atom. The Balaban J connectivity index is 2.05. The van der Waals surface area contributed by atoms with Gasteiger partial charge in [0.1, 0.15) is 12.6 Å². The minimum atomic E-state index is -4.02. The zero-order valence-electron chi connectivity index (χ0n) is 22.8. The standard InChI is InChI=1S/C29H34N4O6S/c1-4-17-30-29(35)27(18-23-9-6-5-7-10-23)31(20-24-15-13-22(2)14-16-24)28(34)21-32(40(3,38)39)25-11-8-12-26(19-25)33(36)37/h5-16,19,27H,4,17-18,20-21H2,1-3H3,(H,30,35)/t27-/m1/s1. The van der Waals surface area contributed by atoms with Gasteiger partial charge >= 0.3 is 0 Å². The fourth-order valence-electron chi connectivity index (χ4n) is 4.19. The Kier molecular flexibility index (Phi) is 10.4. The summed E-state index contributed by atoms with van der Waals surface area (Å²) in [5, 5.41) is 14.2. The Bertz CT molecular complexity index is 1430. The van der Waals surface area contributed by atoms with Crippen molar-refractivity contribution in [3.8, 4) is 0 Å². The monoisotopic (exact) mass is 566 g/mol. The summed E-state index contributed by atoms with van der Waals surface area (Å²) in [4.78, 5) is 39.5. The number of nitrogens with one attached hydrogen (secondary N) is 1. The van der Waals surface area contributed by atoms with Crippen molar-refractivity contribution in [1.29, 1.82) is 0 Å². The van der Waals surface area contributed by atoms with E-state index in [2.05, 4.69) is 5.32 Å². The number of sulfonamides is 1. The summed E-state index contributed by atoms with van der Waals surface area (Å²) >= 11 is 0. The lowest BCUT2D eigenvalue weighted by Crippen LogP contribution is -2.53. The van der Waals surface area contributed by atoms with E-state index in [0.29, 0.717) is 13.0 Å². The Morgan fingerprint density at radius 3 is 2.25 bits per heavy atom. The van der Waals surface area contributed by atoms with Gasteiger partial charge < -0.3 is 10.2 Å². The maximum absolute atomic E-state index is 14.0. The second-order valence-electron chi connectivity index (χ2n) is 9.55. The summed E-state index contributed by atoms with van der Waals surface area (Å²) in [6, 6.07) is 20.9. The van der Waals surface area contributed by atoms with Crippen molar-refractivity contribution in [2.45, 2.75) is 39.3 Å². The number of amides is 2. The minimum Gasteiger partial charge on any atom is -0.354 e. The summed E-state index contributed by atoms with van der Waals surface area (Å²) in [5.74, 6) is -0.975. The highest BCUT2D eigenvalue weighted by Crippen LogP contribution is 2.24. The summed E-state index contributed by atoms with van der Waals surface area (Å²) in [6.07, 6.45) is 1.84. The van der Waals surface area contributed by atoms with Gasteiger partial charge in [0.2, 0.25) is 21.8 Å². The smallest absolute Gasteiger partial charge is 0.271 e. The van der Waals surface area contributed by atoms with E-state index in [1.165, 1.54) is 23.1 Å². The molecule has 0 saturated carbocycles. The highest BCUT2D eigenvalue weighted by Gasteiger charge is 2.33. The maximum Gasteiger partial charge on any atom is 0.271 e. The van der Waals surface area contributed by atoms with Crippen LogP contribution in [0.15, 0.2) is 78.9 Å². The molecule has 0 heterocycles. The van der Waals surface area contributed by atoms with Crippen molar-refractivity contribution >= 4 is 33.2 Å². The summed E-state index contributed by atoms with van der Waals surface area (Å²) in [5.41, 5.74) is 2.30. The normalized spacial score (nSPS) is 11.9. The number of carbonyl (C=O) groups excluding carboxylic acids is 2. The molecule has 3 aromatic rings. The largest absolute Gasteiger partial charge is 0.354 e. The molecule has 0 fully saturated rings. The topological polar surface area (TPSA) is 130 Å². The molecule has 40 heavy (non-hydrogen) atoms. The fourth-order valence-corrected chi connectivity index (χ4v) is 5.03. The molecule has 0 aliphatic carbocycles. The number of non-ortho nitro benzene ring substituents is 1. The maximum atomic E-state index is 14.0. The molecule has 0 aromatic heterocycles. The summed E-state index contributed by atoms with van der Waals surface area (Å²) in [7, 11) is -4.02. The lowest BCUT2D eigenvalue weighted by atomic mass is 10.0. The van der Waals surface area contributed by atoms with E-state index in [9.17, 15) is 28.1 Å². The van der Waals surface area contributed by atoms with Crippen molar-refractivity contribution in [2.75, 3.05) is 23.7 Å². The van der Waals surface area contributed by atoms with Crippen molar-refractivity contribution in [2.24, 2.45) is 0 Å². The van der Waals surface area contributed by atoms with Crippen LogP contribution < -0.4 is 9.62 Å². The molecule has 212 valence electrons. The number of anilines is 1. The van der Waals surface area contributed by atoms with Gasteiger partial charge in [-0.25, -0.2) is 8.42 Å². The van der Waals surface area contributed by atoms with Crippen LogP contribution >= 0.6 is 0 Å². The molecule has 0 aliphatic rings. The van der Waals surface area contributed by atoms with E-state index in [1.54, 1.807) is 0 Å². The van der Waals surface area contributed by atoms with Crippen LogP contribution in [0, 0.1) is 17.0 Å². The highest BCUT2D eigenvalue weighted by atomic mass is 32.2. The second kappa shape index (κ2) is 13.7. The molecular formula is C29H34N4O6S. The van der Waals surface area contributed by atoms with Crippen molar-refractivity contribution in [3.05, 3.63) is 106 Å². The lowest BCUT2D eigenvalue weighted by molar-refractivity contribution is -0.384. The highest BCUT2D eigenvalue weighted by molar-refractivity contribution is 7.92. The number of carbonyl (C=O) groups is 2. The predicted octanol–water partition coefficient (Wildman–Crippen LogP) is 3.84. The molecule has 0 spiro atoms. The van der Waals surface area contributed by atoms with Crippen LogP contribution in [0.2, 0.25) is 0 Å². The number of benzene rings is 3. The Morgan fingerprint density at radius 1 is 0.975 bits per heavy atom. The zero-order chi connectivity index (χ0) is 29.3. The first-order chi connectivity index (χ1) is 19.0. The first-order valence-electron chi connectivity index (χ1n) is 12.9. The van der Waals surface area contributed by atoms with E-state index in [-0.39, 0.29) is 30.2 Å². The van der Waals surface area contributed by atoms with Crippen LogP contribution in [0.25, 0.3) is 0 Å². The number of nitrogens with zero attached hydrogens (tertiary/aromatic N) is 3. The summed E-state index contributed by atoms with van der Waals surface area (Å²) in [6.45, 7) is 3.69. The van der Waals surface area contributed by atoms with Crippen molar-refractivity contribution in [1.82, 2.24) is 10.2 Å². The third-order valence-electron chi connectivity index (χ3n) is 6.30. The molecule has 3 rings (SSSR count). The number of rotatable bonds is 13. The molecule has 1 N–H and O–H groups in total. The van der Waals surface area contributed by atoms with Crippen LogP contribution in [0.1, 0.15) is 30.0 Å². The Hall–Kier alpha value is -4.25. The molecule has 2 amide bonds. The molecule has 11 heteroatoms. The molecule has 0 bridgehead atoms. The number of hydrogen-bond acceptors (Lipinski definition) is 6. The van der Waals surface area contributed by atoms with E-state index in [1.807, 2.05) is 68.4 Å². The van der Waals surface area contributed by atoms with Crippen LogP contribution in [-0.4, -0.2) is 55.4 Å². The average Bonchev–Trinajstić information content (AvgIpc) is 2.93. The van der Waals surface area contributed by atoms with Crippen molar-refractivity contribution in [3.63, 3.8) is 0 Å². The fraction of sp³-hybridized carbons (Fsp3) is 0.310. The number of nitro groups is 1. The van der Waals surface area contributed by atoms with Gasteiger partial charge in [-0.3, -0.25) is 24.0 Å². The van der Waals surface area contributed by atoms with Gasteiger partial charge in [0.25, 0.3) is 5.69 Å². The van der Waals surface area contributed by atoms with Gasteiger partial charge in [0.15, 0.2) is 0 Å². The van der Waals surface area contributed by atoms with E-state index >= 15 is 0 Å². The van der Waals surface area contributed by atoms with E-state index in [0.717, 1.165) is 33.3 Å². The minimum absolute atomic E-state index is 0.0182. The molecule has 0 saturated heterocycles. The first kappa shape index (κ1) is 30.3. The molecule has 3 aromatic carbocycles. The third-order valence-corrected chi connectivity index (χ3v) is 7.44. The number of nitro benzene ring substituents is 1. The first-order valence-corrected chi connectivity index (χ1v) is 14.7. The van der Waals surface area contributed by atoms with Gasteiger partial charge in [-0.1, -0.05) is 73.2 Å². The van der Waals surface area contributed by atoms with Crippen LogP contribution in [-0.2, 0) is 32.6 Å². The third kappa shape index (κ3) is 8.37. The Labute approximate surface area is 234 Å². The average molecular weight is 567 g/mol. The molecule has 0 aliphatic heterocycles. The number of hydrogen-bond donors (Lipinski definition) is 1. The van der Waals surface area contributed by atoms with E-state index in [4.69, 9.17) is 0 Å². The van der Waals surface area contributed by atoms with Gasteiger partial charge in [0.05, 0.1) is 16.9 Å². The summed E-state index contributed by atoms with van der Waals surface area (Å²) < 4.78 is 26.4. The number of aryl methyl sites for hydroxylation is 1. The SMILES string of the molecule is CCCNC(=O)[C@@H](Cc1ccccc1)N(Cc1ccc(C)cc1)C(=O)CN(c1cccc([N+](=O)[O-])c1)S(C)(=O)=O.